The number of hydroxylamine groups is 3. The van der Waals surface area contributed by atoms with Crippen LogP contribution in [0.5, 0.6) is 0 Å². The molecule has 0 bridgehead atoms. The van der Waals surface area contributed by atoms with E-state index in [9.17, 15) is 5.21 Å². The number of quaternary nitrogens is 1. The molecule has 112 valence electrons. The van der Waals surface area contributed by atoms with E-state index in [-0.39, 0.29) is 4.65 Å². The Labute approximate surface area is 117 Å². The molecule has 2 aliphatic rings. The molecule has 0 spiro atoms. The lowest BCUT2D eigenvalue weighted by Gasteiger charge is -2.45. The average Bonchev–Trinajstić information content (AvgIpc) is 2.40. The maximum atomic E-state index is 11.8. The Kier molecular flexibility index (Phi) is 5.59. The summed E-state index contributed by atoms with van der Waals surface area (Å²) in [6.07, 6.45) is 1.26. The van der Waals surface area contributed by atoms with E-state index >= 15 is 0 Å². The number of piperazine rings is 2. The predicted octanol–water partition coefficient (Wildman–Crippen LogP) is 0.274. The second kappa shape index (κ2) is 6.99. The number of nitrogens with zero attached hydrogens (tertiary/aromatic N) is 4. The number of rotatable bonds is 5. The molecule has 5 nitrogen and oxygen atoms in total. The molecule has 0 aromatic carbocycles. The van der Waals surface area contributed by atoms with Gasteiger partial charge in [0.25, 0.3) is 0 Å². The summed E-state index contributed by atoms with van der Waals surface area (Å²) in [5.74, 6) is 0. The summed E-state index contributed by atoms with van der Waals surface area (Å²) in [5, 5.41) is 11.8. The molecular formula is C14H30N4O. The molecule has 0 amide bonds. The summed E-state index contributed by atoms with van der Waals surface area (Å²) in [7, 11) is 1.80. The highest BCUT2D eigenvalue weighted by atomic mass is 16.5. The van der Waals surface area contributed by atoms with Gasteiger partial charge in [-0.25, -0.2) is 0 Å². The van der Waals surface area contributed by atoms with Crippen molar-refractivity contribution in [2.24, 2.45) is 0 Å². The van der Waals surface area contributed by atoms with Gasteiger partial charge < -0.3 is 14.8 Å². The molecule has 2 saturated heterocycles. The minimum Gasteiger partial charge on any atom is -0.633 e. The fraction of sp³-hybridized carbons (Fsp3) is 1.00. The summed E-state index contributed by atoms with van der Waals surface area (Å²) < 4.78 is -0.0494. The largest absolute Gasteiger partial charge is 0.633 e. The zero-order valence-corrected chi connectivity index (χ0v) is 12.7. The molecule has 0 aliphatic carbocycles. The molecule has 0 N–H and O–H groups in total. The fourth-order valence-corrected chi connectivity index (χ4v) is 2.99. The van der Waals surface area contributed by atoms with Crippen LogP contribution < -0.4 is 0 Å². The van der Waals surface area contributed by atoms with Crippen LogP contribution in [0.15, 0.2) is 0 Å². The van der Waals surface area contributed by atoms with Gasteiger partial charge in [-0.1, -0.05) is 6.92 Å². The summed E-state index contributed by atoms with van der Waals surface area (Å²) >= 11 is 0. The normalized spacial score (nSPS) is 26.7. The average molecular weight is 270 g/mol. The van der Waals surface area contributed by atoms with Crippen LogP contribution in [0, 0.1) is 5.21 Å². The lowest BCUT2D eigenvalue weighted by atomic mass is 10.2. The van der Waals surface area contributed by atoms with Crippen molar-refractivity contribution in [3.05, 3.63) is 5.21 Å². The van der Waals surface area contributed by atoms with E-state index in [1.807, 2.05) is 0 Å². The first-order valence-electron chi connectivity index (χ1n) is 7.82. The third kappa shape index (κ3) is 5.00. The van der Waals surface area contributed by atoms with Gasteiger partial charge in [0.15, 0.2) is 0 Å². The zero-order valence-electron chi connectivity index (χ0n) is 12.7. The summed E-state index contributed by atoms with van der Waals surface area (Å²) in [5.41, 5.74) is 0. The van der Waals surface area contributed by atoms with Crippen molar-refractivity contribution >= 4 is 0 Å². The third-order valence-electron chi connectivity index (χ3n) is 4.52. The number of likely N-dealkylation sites (N-methyl/N-ethyl adjacent to an activating group) is 1. The van der Waals surface area contributed by atoms with Crippen LogP contribution in [-0.2, 0) is 0 Å². The highest BCUT2D eigenvalue weighted by Gasteiger charge is 2.22. The minimum atomic E-state index is -0.0494. The summed E-state index contributed by atoms with van der Waals surface area (Å²) in [6.45, 7) is 14.1. The quantitative estimate of drug-likeness (QED) is 0.530. The van der Waals surface area contributed by atoms with Crippen LogP contribution in [-0.4, -0.2) is 98.4 Å². The van der Waals surface area contributed by atoms with Crippen LogP contribution in [0.2, 0.25) is 0 Å². The van der Waals surface area contributed by atoms with Crippen molar-refractivity contribution in [1.29, 1.82) is 0 Å². The van der Waals surface area contributed by atoms with Crippen molar-refractivity contribution < 1.29 is 4.65 Å². The van der Waals surface area contributed by atoms with E-state index in [2.05, 4.69) is 21.6 Å². The van der Waals surface area contributed by atoms with Gasteiger partial charge in [-0.15, -0.1) is 0 Å². The van der Waals surface area contributed by atoms with Gasteiger partial charge in [-0.2, -0.15) is 0 Å². The van der Waals surface area contributed by atoms with Gasteiger partial charge in [0.1, 0.15) is 0 Å². The van der Waals surface area contributed by atoms with E-state index < -0.39 is 0 Å². The van der Waals surface area contributed by atoms with Crippen LogP contribution in [0.1, 0.15) is 13.3 Å². The van der Waals surface area contributed by atoms with Crippen molar-refractivity contribution in [3.8, 4) is 0 Å². The van der Waals surface area contributed by atoms with Crippen LogP contribution in [0.25, 0.3) is 0 Å². The fourth-order valence-electron chi connectivity index (χ4n) is 2.99. The Balaban J connectivity index is 1.59. The van der Waals surface area contributed by atoms with Crippen molar-refractivity contribution in [1.82, 2.24) is 14.7 Å². The first kappa shape index (κ1) is 15.2. The molecule has 0 aromatic heterocycles. The van der Waals surface area contributed by atoms with E-state index in [1.54, 1.807) is 7.05 Å². The number of hydrogen-bond acceptors (Lipinski definition) is 4. The standard InChI is InChI=1S/C14H30N4O/c1-3-4-15-5-7-16(8-6-15)9-10-17-11-13-18(2,19)14-12-17/h3-14H2,1-2H3. The first-order chi connectivity index (χ1) is 9.09. The Morgan fingerprint density at radius 1 is 0.789 bits per heavy atom. The molecule has 2 heterocycles. The highest BCUT2D eigenvalue weighted by Crippen LogP contribution is 2.08. The monoisotopic (exact) mass is 270 g/mol. The highest BCUT2D eigenvalue weighted by molar-refractivity contribution is 4.73. The Morgan fingerprint density at radius 3 is 1.68 bits per heavy atom. The molecule has 0 radical (unpaired) electrons. The molecule has 2 fully saturated rings. The maximum Gasteiger partial charge on any atom is 0.0911 e. The second-order valence-corrected chi connectivity index (χ2v) is 6.27. The van der Waals surface area contributed by atoms with E-state index in [0.717, 1.165) is 32.7 Å². The Morgan fingerprint density at radius 2 is 1.21 bits per heavy atom. The van der Waals surface area contributed by atoms with Crippen LogP contribution in [0.4, 0.5) is 0 Å². The second-order valence-electron chi connectivity index (χ2n) is 6.27. The summed E-state index contributed by atoms with van der Waals surface area (Å²) in [4.78, 5) is 7.60. The first-order valence-corrected chi connectivity index (χ1v) is 7.82. The van der Waals surface area contributed by atoms with Gasteiger partial charge in [0.05, 0.1) is 20.1 Å². The lowest BCUT2D eigenvalue weighted by molar-refractivity contribution is -0.865. The maximum absolute atomic E-state index is 11.8. The summed E-state index contributed by atoms with van der Waals surface area (Å²) in [6, 6.07) is 0. The molecule has 2 aliphatic heterocycles. The minimum absolute atomic E-state index is 0.0494. The smallest absolute Gasteiger partial charge is 0.0911 e. The molecule has 0 unspecified atom stereocenters. The zero-order chi connectivity index (χ0) is 13.7. The molecule has 19 heavy (non-hydrogen) atoms. The molecule has 0 atom stereocenters. The van der Waals surface area contributed by atoms with Crippen molar-refractivity contribution in [3.63, 3.8) is 0 Å². The Hall–Kier alpha value is -0.200. The number of hydrogen-bond donors (Lipinski definition) is 0. The Bertz CT molecular complexity index is 254. The van der Waals surface area contributed by atoms with Gasteiger partial charge in [0.2, 0.25) is 0 Å². The topological polar surface area (TPSA) is 32.8 Å². The van der Waals surface area contributed by atoms with E-state index in [0.29, 0.717) is 0 Å². The van der Waals surface area contributed by atoms with E-state index in [1.165, 1.54) is 45.7 Å². The lowest BCUT2D eigenvalue weighted by Crippen LogP contribution is -2.55. The van der Waals surface area contributed by atoms with Gasteiger partial charge in [-0.3, -0.25) is 9.80 Å². The predicted molar refractivity (Wildman–Crippen MR) is 78.9 cm³/mol. The molecule has 0 saturated carbocycles. The van der Waals surface area contributed by atoms with Gasteiger partial charge >= 0.3 is 0 Å². The van der Waals surface area contributed by atoms with Crippen molar-refractivity contribution in [2.45, 2.75) is 13.3 Å². The molecule has 0 aromatic rings. The third-order valence-corrected chi connectivity index (χ3v) is 4.52. The molecule has 2 rings (SSSR count). The van der Waals surface area contributed by atoms with E-state index in [4.69, 9.17) is 0 Å². The van der Waals surface area contributed by atoms with Gasteiger partial charge in [0, 0.05) is 52.4 Å². The van der Waals surface area contributed by atoms with Gasteiger partial charge in [-0.05, 0) is 13.0 Å². The van der Waals surface area contributed by atoms with Crippen LogP contribution in [0.3, 0.4) is 0 Å². The van der Waals surface area contributed by atoms with Crippen molar-refractivity contribution in [2.75, 3.05) is 79.0 Å². The molecular weight excluding hydrogens is 240 g/mol. The SMILES string of the molecule is CCCN1CCN(CCN2CC[N+](C)([O-])CC2)CC1. The van der Waals surface area contributed by atoms with Crippen LogP contribution >= 0.6 is 0 Å². The molecule has 5 heteroatoms.